The largest absolute Gasteiger partial charge is 0.451 e. The highest BCUT2D eigenvalue weighted by Crippen LogP contribution is 2.45. The van der Waals surface area contributed by atoms with Gasteiger partial charge in [0.15, 0.2) is 17.1 Å². The van der Waals surface area contributed by atoms with E-state index in [9.17, 15) is 5.26 Å². The van der Waals surface area contributed by atoms with E-state index >= 15 is 0 Å². The van der Waals surface area contributed by atoms with Crippen LogP contribution in [0.4, 0.5) is 11.4 Å². The molecule has 6 nitrogen and oxygen atoms in total. The summed E-state index contributed by atoms with van der Waals surface area (Å²) in [5.41, 5.74) is 3.74. The lowest BCUT2D eigenvalue weighted by Crippen LogP contribution is -2.05. The molecule has 0 saturated carbocycles. The molecule has 3 aromatic heterocycles. The van der Waals surface area contributed by atoms with Gasteiger partial charge in [-0.05, 0) is 36.4 Å². The molecule has 5 rings (SSSR count). The Morgan fingerprint density at radius 3 is 2.89 bits per heavy atom. The number of rotatable bonds is 1. The average molecular weight is 372 g/mol. The first-order chi connectivity index (χ1) is 13.2. The smallest absolute Gasteiger partial charge is 0.170 e. The van der Waals surface area contributed by atoms with Gasteiger partial charge in [0, 0.05) is 22.7 Å². The molecule has 0 spiro atoms. The van der Waals surface area contributed by atoms with Crippen LogP contribution in [0.2, 0.25) is 5.02 Å². The molecule has 1 N–H and O–H groups in total. The molecule has 128 valence electrons. The van der Waals surface area contributed by atoms with Crippen molar-refractivity contribution < 1.29 is 4.74 Å². The Hall–Kier alpha value is -3.69. The Kier molecular flexibility index (Phi) is 3.42. The summed E-state index contributed by atoms with van der Waals surface area (Å²) < 4.78 is 5.93. The number of fused-ring (bicyclic) bond motifs is 4. The van der Waals surface area contributed by atoms with Gasteiger partial charge in [-0.25, -0.2) is 9.97 Å². The number of aromatic nitrogens is 3. The number of anilines is 2. The zero-order valence-corrected chi connectivity index (χ0v) is 14.5. The van der Waals surface area contributed by atoms with Gasteiger partial charge in [0.05, 0.1) is 28.8 Å². The van der Waals surface area contributed by atoms with Crippen molar-refractivity contribution >= 4 is 34.0 Å². The van der Waals surface area contributed by atoms with E-state index in [0.29, 0.717) is 39.1 Å². The predicted molar refractivity (Wildman–Crippen MR) is 102 cm³/mol. The van der Waals surface area contributed by atoms with Crippen LogP contribution in [0.1, 0.15) is 5.56 Å². The quantitative estimate of drug-likeness (QED) is 0.443. The number of hydrogen-bond donors (Lipinski definition) is 1. The lowest BCUT2D eigenvalue weighted by molar-refractivity contribution is 0.480. The Labute approximate surface area is 159 Å². The Morgan fingerprint density at radius 2 is 2.00 bits per heavy atom. The van der Waals surface area contributed by atoms with Crippen molar-refractivity contribution in [1.29, 1.82) is 5.26 Å². The third-order valence-corrected chi connectivity index (χ3v) is 4.52. The third-order valence-electron chi connectivity index (χ3n) is 4.29. The number of pyridine rings is 3. The van der Waals surface area contributed by atoms with Gasteiger partial charge >= 0.3 is 0 Å². The van der Waals surface area contributed by atoms with E-state index in [1.54, 1.807) is 36.7 Å². The maximum atomic E-state index is 9.29. The van der Waals surface area contributed by atoms with E-state index in [2.05, 4.69) is 26.3 Å². The lowest BCUT2D eigenvalue weighted by Gasteiger charge is -2.22. The Balaban J connectivity index is 1.64. The van der Waals surface area contributed by atoms with Gasteiger partial charge in [-0.15, -0.1) is 0 Å². The van der Waals surface area contributed by atoms with Gasteiger partial charge < -0.3 is 10.1 Å². The second kappa shape index (κ2) is 5.94. The number of nitrogens with zero attached hydrogens (tertiary/aromatic N) is 4. The van der Waals surface area contributed by atoms with Crippen LogP contribution in [0.3, 0.4) is 0 Å². The number of nitrogens with one attached hydrogen (secondary N) is 1. The first kappa shape index (κ1) is 15.6. The summed E-state index contributed by atoms with van der Waals surface area (Å²) in [5, 5.41) is 14.1. The van der Waals surface area contributed by atoms with Crippen molar-refractivity contribution in [2.24, 2.45) is 0 Å². The van der Waals surface area contributed by atoms with Crippen LogP contribution in [0.25, 0.3) is 22.4 Å². The molecular weight excluding hydrogens is 362 g/mol. The minimum Gasteiger partial charge on any atom is -0.451 e. The molecule has 1 aromatic carbocycles. The summed E-state index contributed by atoms with van der Waals surface area (Å²) in [6.45, 7) is 0. The number of hydrogen-bond acceptors (Lipinski definition) is 6. The number of nitriles is 1. The summed E-state index contributed by atoms with van der Waals surface area (Å²) in [6.07, 6.45) is 3.26. The fraction of sp³-hybridized carbons (Fsp3) is 0. The Morgan fingerprint density at radius 1 is 1.07 bits per heavy atom. The molecule has 0 aliphatic carbocycles. The summed E-state index contributed by atoms with van der Waals surface area (Å²) >= 11 is 6.04. The fourth-order valence-electron chi connectivity index (χ4n) is 3.03. The highest BCUT2D eigenvalue weighted by Gasteiger charge is 2.20. The molecule has 4 heterocycles. The van der Waals surface area contributed by atoms with Gasteiger partial charge in [0.2, 0.25) is 0 Å². The van der Waals surface area contributed by atoms with Crippen LogP contribution in [0.15, 0.2) is 54.9 Å². The second-order valence-electron chi connectivity index (χ2n) is 5.94. The normalized spacial score (nSPS) is 11.7. The van der Waals surface area contributed by atoms with Gasteiger partial charge in [-0.2, -0.15) is 5.26 Å². The van der Waals surface area contributed by atoms with E-state index in [4.69, 9.17) is 16.3 Å². The molecule has 0 atom stereocenters. The average Bonchev–Trinajstić information content (AvgIpc) is 2.71. The van der Waals surface area contributed by atoms with Gasteiger partial charge in [-0.1, -0.05) is 11.6 Å². The molecule has 0 bridgehead atoms. The molecule has 0 saturated heterocycles. The van der Waals surface area contributed by atoms with Gasteiger partial charge in [0.1, 0.15) is 11.8 Å². The summed E-state index contributed by atoms with van der Waals surface area (Å²) in [4.78, 5) is 13.3. The number of halogens is 1. The molecule has 1 aliphatic rings. The minimum atomic E-state index is 0.467. The number of benzene rings is 1. The van der Waals surface area contributed by atoms with Crippen LogP contribution >= 0.6 is 11.6 Å². The zero-order valence-electron chi connectivity index (χ0n) is 13.8. The standard InChI is InChI=1S/C20H10ClN5O/c21-12-3-5-14-16(8-12)27-17-10-24-20-13(19(17)25-14)4-6-15(26-20)18-11(9-22)2-1-7-23-18/h1-8,10,25H. The van der Waals surface area contributed by atoms with E-state index in [-0.39, 0.29) is 0 Å². The van der Waals surface area contributed by atoms with Gasteiger partial charge in [-0.3, -0.25) is 4.98 Å². The van der Waals surface area contributed by atoms with E-state index < -0.39 is 0 Å². The zero-order chi connectivity index (χ0) is 18.4. The van der Waals surface area contributed by atoms with Gasteiger partial charge in [0.25, 0.3) is 0 Å². The monoisotopic (exact) mass is 371 g/mol. The predicted octanol–water partition coefficient (Wildman–Crippen LogP) is 5.07. The molecule has 0 fully saturated rings. The van der Waals surface area contributed by atoms with Crippen molar-refractivity contribution in [3.63, 3.8) is 0 Å². The van der Waals surface area contributed by atoms with E-state index in [1.807, 2.05) is 18.2 Å². The topological polar surface area (TPSA) is 83.7 Å². The molecule has 27 heavy (non-hydrogen) atoms. The molecule has 0 unspecified atom stereocenters. The maximum Gasteiger partial charge on any atom is 0.170 e. The van der Waals surface area contributed by atoms with Crippen LogP contribution in [-0.4, -0.2) is 15.0 Å². The van der Waals surface area contributed by atoms with Crippen molar-refractivity contribution in [2.75, 3.05) is 5.32 Å². The lowest BCUT2D eigenvalue weighted by atomic mass is 10.1. The SMILES string of the molecule is N#Cc1cccnc1-c1ccc2c3c(cnc2n1)Oc1cc(Cl)ccc1N3. The van der Waals surface area contributed by atoms with Crippen molar-refractivity contribution in [2.45, 2.75) is 0 Å². The third kappa shape index (κ3) is 2.53. The Bertz CT molecular complexity index is 1270. The summed E-state index contributed by atoms with van der Waals surface area (Å²) in [7, 11) is 0. The highest BCUT2D eigenvalue weighted by molar-refractivity contribution is 6.30. The number of ether oxygens (including phenoxy) is 1. The minimum absolute atomic E-state index is 0.467. The first-order valence-electron chi connectivity index (χ1n) is 8.12. The van der Waals surface area contributed by atoms with Crippen LogP contribution in [0.5, 0.6) is 11.5 Å². The molecule has 1 aliphatic heterocycles. The molecule has 0 amide bonds. The molecular formula is C20H10ClN5O. The first-order valence-corrected chi connectivity index (χ1v) is 8.50. The van der Waals surface area contributed by atoms with Crippen molar-refractivity contribution in [3.8, 4) is 29.0 Å². The van der Waals surface area contributed by atoms with E-state index in [0.717, 1.165) is 16.8 Å². The fourth-order valence-corrected chi connectivity index (χ4v) is 3.20. The second-order valence-corrected chi connectivity index (χ2v) is 6.38. The highest BCUT2D eigenvalue weighted by atomic mass is 35.5. The molecule has 0 radical (unpaired) electrons. The van der Waals surface area contributed by atoms with E-state index in [1.165, 1.54) is 0 Å². The maximum absolute atomic E-state index is 9.29. The van der Waals surface area contributed by atoms with Crippen LogP contribution in [-0.2, 0) is 0 Å². The van der Waals surface area contributed by atoms with Crippen molar-refractivity contribution in [3.05, 3.63) is 65.4 Å². The molecule has 4 aromatic rings. The van der Waals surface area contributed by atoms with Crippen LogP contribution in [0, 0.1) is 11.3 Å². The summed E-state index contributed by atoms with van der Waals surface area (Å²) in [5.74, 6) is 1.25. The summed E-state index contributed by atoms with van der Waals surface area (Å²) in [6, 6.07) is 14.7. The molecule has 7 heteroatoms. The van der Waals surface area contributed by atoms with Crippen LogP contribution < -0.4 is 10.1 Å². The van der Waals surface area contributed by atoms with Crippen molar-refractivity contribution in [1.82, 2.24) is 15.0 Å².